The molecular weight excluding hydrogens is 258 g/mol. The van der Waals surface area contributed by atoms with E-state index in [0.29, 0.717) is 23.8 Å². The lowest BCUT2D eigenvalue weighted by atomic mass is 10.1. The Bertz CT molecular complexity index is 577. The van der Waals surface area contributed by atoms with Crippen LogP contribution in [0.2, 0.25) is 0 Å². The molecule has 0 bridgehead atoms. The van der Waals surface area contributed by atoms with Gasteiger partial charge in [0.2, 0.25) is 0 Å². The highest BCUT2D eigenvalue weighted by atomic mass is 16.5. The zero-order valence-corrected chi connectivity index (χ0v) is 11.9. The van der Waals surface area contributed by atoms with Gasteiger partial charge in [0.05, 0.1) is 20.8 Å². The predicted octanol–water partition coefficient (Wildman–Crippen LogP) is 2.71. The first-order chi connectivity index (χ1) is 9.67. The number of benzene rings is 1. The second-order valence-corrected chi connectivity index (χ2v) is 4.40. The Morgan fingerprint density at radius 3 is 2.35 bits per heavy atom. The molecule has 2 N–H and O–H groups in total. The molecule has 2 rings (SSSR count). The van der Waals surface area contributed by atoms with Crippen molar-refractivity contribution in [3.63, 3.8) is 0 Å². The summed E-state index contributed by atoms with van der Waals surface area (Å²) in [7, 11) is 3.22. The first kappa shape index (κ1) is 14.3. The number of nitrogens with one attached hydrogen (secondary N) is 1. The van der Waals surface area contributed by atoms with Crippen molar-refractivity contribution in [1.82, 2.24) is 0 Å². The van der Waals surface area contributed by atoms with Gasteiger partial charge in [-0.2, -0.15) is 0 Å². The van der Waals surface area contributed by atoms with Gasteiger partial charge in [0, 0.05) is 11.8 Å². The molecule has 0 fully saturated rings. The number of aliphatic hydroxyl groups excluding tert-OH is 1. The number of aryl methyl sites for hydroxylation is 1. The summed E-state index contributed by atoms with van der Waals surface area (Å²) in [6, 6.07) is 7.42. The van der Waals surface area contributed by atoms with Gasteiger partial charge in [-0.15, -0.1) is 0 Å². The van der Waals surface area contributed by atoms with Gasteiger partial charge >= 0.3 is 0 Å². The summed E-state index contributed by atoms with van der Waals surface area (Å²) in [5.41, 5.74) is 2.00. The summed E-state index contributed by atoms with van der Waals surface area (Å²) in [5, 5.41) is 12.2. The van der Waals surface area contributed by atoms with Gasteiger partial charge in [-0.3, -0.25) is 0 Å². The van der Waals surface area contributed by atoms with Crippen molar-refractivity contribution >= 4 is 5.69 Å². The fourth-order valence-electron chi connectivity index (χ4n) is 1.96. The maximum absolute atomic E-state index is 8.96. The molecule has 1 aromatic carbocycles. The van der Waals surface area contributed by atoms with E-state index in [0.717, 1.165) is 17.0 Å². The van der Waals surface area contributed by atoms with Crippen molar-refractivity contribution in [3.8, 4) is 11.5 Å². The van der Waals surface area contributed by atoms with Crippen molar-refractivity contribution < 1.29 is 19.0 Å². The topological polar surface area (TPSA) is 63.9 Å². The molecule has 0 unspecified atom stereocenters. The van der Waals surface area contributed by atoms with Gasteiger partial charge in [0.15, 0.2) is 11.5 Å². The molecule has 0 aliphatic heterocycles. The van der Waals surface area contributed by atoms with Crippen LogP contribution in [0.1, 0.15) is 17.1 Å². The molecule has 0 aliphatic rings. The third-order valence-corrected chi connectivity index (χ3v) is 3.06. The van der Waals surface area contributed by atoms with Gasteiger partial charge < -0.3 is 24.3 Å². The summed E-state index contributed by atoms with van der Waals surface area (Å²) >= 11 is 0. The number of aliphatic hydroxyl groups is 1. The normalized spacial score (nSPS) is 10.4. The van der Waals surface area contributed by atoms with Crippen LogP contribution < -0.4 is 14.8 Å². The fourth-order valence-corrected chi connectivity index (χ4v) is 1.96. The standard InChI is InChI=1S/C15H19NO4/c1-10-6-14(18-2)15(19-3)7-13(10)16-8-11-4-5-12(9-17)20-11/h4-7,16-17H,8-9H2,1-3H3. The van der Waals surface area contributed by atoms with Crippen LogP contribution in [-0.2, 0) is 13.2 Å². The maximum atomic E-state index is 8.96. The van der Waals surface area contributed by atoms with E-state index >= 15 is 0 Å². The quantitative estimate of drug-likeness (QED) is 0.850. The number of anilines is 1. The van der Waals surface area contributed by atoms with Crippen LogP contribution in [0.4, 0.5) is 5.69 Å². The largest absolute Gasteiger partial charge is 0.493 e. The second kappa shape index (κ2) is 6.34. The summed E-state index contributed by atoms with van der Waals surface area (Å²) in [4.78, 5) is 0. The van der Waals surface area contributed by atoms with Crippen molar-refractivity contribution in [2.75, 3.05) is 19.5 Å². The van der Waals surface area contributed by atoms with Crippen LogP contribution >= 0.6 is 0 Å². The lowest BCUT2D eigenvalue weighted by Gasteiger charge is -2.13. The van der Waals surface area contributed by atoms with Crippen molar-refractivity contribution in [2.24, 2.45) is 0 Å². The van der Waals surface area contributed by atoms with Crippen molar-refractivity contribution in [2.45, 2.75) is 20.1 Å². The Kier molecular flexibility index (Phi) is 4.53. The highest BCUT2D eigenvalue weighted by Crippen LogP contribution is 2.33. The molecule has 5 nitrogen and oxygen atoms in total. The zero-order valence-electron chi connectivity index (χ0n) is 11.9. The molecule has 0 spiro atoms. The van der Waals surface area contributed by atoms with E-state index in [1.807, 2.05) is 25.1 Å². The van der Waals surface area contributed by atoms with Crippen LogP contribution in [-0.4, -0.2) is 19.3 Å². The van der Waals surface area contributed by atoms with E-state index in [1.165, 1.54) is 0 Å². The number of hydrogen-bond acceptors (Lipinski definition) is 5. The SMILES string of the molecule is COc1cc(C)c(NCc2ccc(CO)o2)cc1OC. The third kappa shape index (κ3) is 3.05. The van der Waals surface area contributed by atoms with Crippen molar-refractivity contribution in [3.05, 3.63) is 41.3 Å². The first-order valence-electron chi connectivity index (χ1n) is 6.33. The Labute approximate surface area is 118 Å². The van der Waals surface area contributed by atoms with Crippen LogP contribution in [0.15, 0.2) is 28.7 Å². The van der Waals surface area contributed by atoms with Gasteiger partial charge in [0.1, 0.15) is 18.1 Å². The lowest BCUT2D eigenvalue weighted by Crippen LogP contribution is -2.01. The number of hydrogen-bond donors (Lipinski definition) is 2. The van der Waals surface area contributed by atoms with Crippen LogP contribution in [0.5, 0.6) is 11.5 Å². The maximum Gasteiger partial charge on any atom is 0.162 e. The van der Waals surface area contributed by atoms with Crippen LogP contribution in [0, 0.1) is 6.92 Å². The summed E-state index contributed by atoms with van der Waals surface area (Å²) in [6.07, 6.45) is 0. The van der Waals surface area contributed by atoms with Crippen LogP contribution in [0.25, 0.3) is 0 Å². The summed E-state index contributed by atoms with van der Waals surface area (Å²) in [6.45, 7) is 2.44. The fraction of sp³-hybridized carbons (Fsp3) is 0.333. The third-order valence-electron chi connectivity index (χ3n) is 3.06. The molecule has 108 valence electrons. The van der Waals surface area contributed by atoms with Gasteiger partial charge in [-0.05, 0) is 30.7 Å². The molecule has 0 atom stereocenters. The molecule has 0 amide bonds. The molecule has 0 saturated heterocycles. The Hall–Kier alpha value is -2.14. The van der Waals surface area contributed by atoms with E-state index in [2.05, 4.69) is 5.32 Å². The van der Waals surface area contributed by atoms with Gasteiger partial charge in [0.25, 0.3) is 0 Å². The van der Waals surface area contributed by atoms with Gasteiger partial charge in [-0.1, -0.05) is 0 Å². The Morgan fingerprint density at radius 1 is 1.10 bits per heavy atom. The molecule has 0 saturated carbocycles. The lowest BCUT2D eigenvalue weighted by molar-refractivity contribution is 0.244. The minimum Gasteiger partial charge on any atom is -0.493 e. The number of furan rings is 1. The first-order valence-corrected chi connectivity index (χ1v) is 6.33. The monoisotopic (exact) mass is 277 g/mol. The average molecular weight is 277 g/mol. The molecule has 1 aromatic heterocycles. The molecule has 0 radical (unpaired) electrons. The predicted molar refractivity (Wildman–Crippen MR) is 76.2 cm³/mol. The average Bonchev–Trinajstić information content (AvgIpc) is 2.93. The molecular formula is C15H19NO4. The molecule has 5 heteroatoms. The van der Waals surface area contributed by atoms with Crippen molar-refractivity contribution in [1.29, 1.82) is 0 Å². The summed E-state index contributed by atoms with van der Waals surface area (Å²) < 4.78 is 16.0. The van der Waals surface area contributed by atoms with E-state index in [-0.39, 0.29) is 6.61 Å². The zero-order chi connectivity index (χ0) is 14.5. The van der Waals surface area contributed by atoms with E-state index < -0.39 is 0 Å². The molecule has 1 heterocycles. The van der Waals surface area contributed by atoms with E-state index in [1.54, 1.807) is 20.3 Å². The minimum absolute atomic E-state index is 0.0879. The molecule has 0 aliphatic carbocycles. The highest BCUT2D eigenvalue weighted by molar-refractivity contribution is 5.60. The highest BCUT2D eigenvalue weighted by Gasteiger charge is 2.09. The summed E-state index contributed by atoms with van der Waals surface area (Å²) in [5.74, 6) is 2.71. The van der Waals surface area contributed by atoms with Crippen LogP contribution in [0.3, 0.4) is 0 Å². The van der Waals surface area contributed by atoms with E-state index in [4.69, 9.17) is 19.0 Å². The Morgan fingerprint density at radius 2 is 1.75 bits per heavy atom. The van der Waals surface area contributed by atoms with Gasteiger partial charge in [-0.25, -0.2) is 0 Å². The number of methoxy groups -OCH3 is 2. The smallest absolute Gasteiger partial charge is 0.162 e. The molecule has 2 aromatic rings. The second-order valence-electron chi connectivity index (χ2n) is 4.40. The number of rotatable bonds is 6. The molecule has 20 heavy (non-hydrogen) atoms. The van der Waals surface area contributed by atoms with E-state index in [9.17, 15) is 0 Å². The minimum atomic E-state index is -0.0879. The number of ether oxygens (including phenoxy) is 2. The Balaban J connectivity index is 2.12.